The molecule has 0 atom stereocenters. The monoisotopic (exact) mass is 393 g/mol. The maximum atomic E-state index is 12.7. The maximum Gasteiger partial charge on any atom is 0.340 e. The van der Waals surface area contributed by atoms with Gasteiger partial charge in [0.25, 0.3) is 5.91 Å². The molecule has 0 fully saturated rings. The van der Waals surface area contributed by atoms with Crippen LogP contribution in [0.3, 0.4) is 0 Å². The number of amides is 1. The number of aryl methyl sites for hydroxylation is 1. The first kappa shape index (κ1) is 18.5. The number of aromatic nitrogens is 2. The second-order valence-corrected chi connectivity index (χ2v) is 6.33. The van der Waals surface area contributed by atoms with E-state index < -0.39 is 11.9 Å². The molecule has 0 spiro atoms. The lowest BCUT2D eigenvalue weighted by Crippen LogP contribution is -2.16. The van der Waals surface area contributed by atoms with Crippen molar-refractivity contribution in [1.29, 1.82) is 0 Å². The van der Waals surface area contributed by atoms with E-state index in [2.05, 4.69) is 10.4 Å². The van der Waals surface area contributed by atoms with E-state index >= 15 is 0 Å². The highest BCUT2D eigenvalue weighted by Gasteiger charge is 2.20. The van der Waals surface area contributed by atoms with Gasteiger partial charge in [-0.1, -0.05) is 12.1 Å². The Balaban J connectivity index is 1.58. The summed E-state index contributed by atoms with van der Waals surface area (Å²) < 4.78 is 17.4. The van der Waals surface area contributed by atoms with Gasteiger partial charge in [0.1, 0.15) is 0 Å². The fourth-order valence-electron chi connectivity index (χ4n) is 3.07. The van der Waals surface area contributed by atoms with Crippen LogP contribution in [-0.4, -0.2) is 35.1 Å². The van der Waals surface area contributed by atoms with Crippen molar-refractivity contribution in [1.82, 2.24) is 9.78 Å². The average Bonchev–Trinajstić information content (AvgIpc) is 3.34. The van der Waals surface area contributed by atoms with Gasteiger partial charge in [0.2, 0.25) is 6.79 Å². The molecular formula is C21H19N3O5. The summed E-state index contributed by atoms with van der Waals surface area (Å²) in [5, 5.41) is 7.04. The molecule has 0 saturated carbocycles. The first-order valence-corrected chi connectivity index (χ1v) is 9.08. The highest BCUT2D eigenvalue weighted by molar-refractivity contribution is 6.07. The van der Waals surface area contributed by atoms with Gasteiger partial charge in [0, 0.05) is 12.6 Å². The van der Waals surface area contributed by atoms with E-state index in [-0.39, 0.29) is 24.7 Å². The van der Waals surface area contributed by atoms with Crippen LogP contribution in [0.15, 0.2) is 48.5 Å². The Kier molecular flexibility index (Phi) is 4.90. The molecule has 1 aliphatic rings. The molecule has 2 heterocycles. The molecule has 1 aliphatic heterocycles. The van der Waals surface area contributed by atoms with Gasteiger partial charge < -0.3 is 19.5 Å². The summed E-state index contributed by atoms with van der Waals surface area (Å²) in [7, 11) is 1.75. The van der Waals surface area contributed by atoms with Gasteiger partial charge in [0.15, 0.2) is 17.2 Å². The summed E-state index contributed by atoms with van der Waals surface area (Å²) in [6.07, 6.45) is 0. The molecule has 0 aliphatic carbocycles. The van der Waals surface area contributed by atoms with Crippen molar-refractivity contribution in [2.75, 3.05) is 18.7 Å². The highest BCUT2D eigenvalue weighted by atomic mass is 16.7. The van der Waals surface area contributed by atoms with E-state index in [1.54, 1.807) is 49.0 Å². The Hall–Kier alpha value is -3.81. The lowest BCUT2D eigenvalue weighted by molar-refractivity contribution is 0.0527. The Bertz CT molecular complexity index is 1090. The van der Waals surface area contributed by atoms with E-state index in [1.165, 1.54) is 0 Å². The standard InChI is InChI=1S/C21H19N3O5/c1-3-27-21(26)14-6-4-5-7-15(14)22-20(25)16-11-17(24(2)23-16)13-8-9-18-19(10-13)29-12-28-18/h4-11H,3,12H2,1-2H3,(H,22,25). The van der Waals surface area contributed by atoms with Gasteiger partial charge in [-0.05, 0) is 43.3 Å². The van der Waals surface area contributed by atoms with Crippen LogP contribution in [0.2, 0.25) is 0 Å². The number of esters is 1. The lowest BCUT2D eigenvalue weighted by atomic mass is 10.1. The molecule has 148 valence electrons. The number of nitrogens with one attached hydrogen (secondary N) is 1. The second-order valence-electron chi connectivity index (χ2n) is 6.33. The quantitative estimate of drug-likeness (QED) is 0.669. The number of benzene rings is 2. The molecule has 1 aromatic heterocycles. The molecule has 29 heavy (non-hydrogen) atoms. The fourth-order valence-corrected chi connectivity index (χ4v) is 3.07. The molecule has 0 radical (unpaired) electrons. The van der Waals surface area contributed by atoms with Crippen LogP contribution in [0.5, 0.6) is 11.5 Å². The summed E-state index contributed by atoms with van der Waals surface area (Å²) in [4.78, 5) is 24.9. The minimum atomic E-state index is -0.495. The molecule has 4 rings (SSSR count). The number of para-hydroxylation sites is 1. The molecule has 8 nitrogen and oxygen atoms in total. The van der Waals surface area contributed by atoms with Gasteiger partial charge in [-0.15, -0.1) is 0 Å². The van der Waals surface area contributed by atoms with E-state index in [1.807, 2.05) is 18.2 Å². The molecule has 0 saturated heterocycles. The van der Waals surface area contributed by atoms with Crippen molar-refractivity contribution >= 4 is 17.6 Å². The van der Waals surface area contributed by atoms with Crippen molar-refractivity contribution in [2.45, 2.75) is 6.92 Å². The van der Waals surface area contributed by atoms with Crippen molar-refractivity contribution in [3.63, 3.8) is 0 Å². The number of ether oxygens (including phenoxy) is 3. The van der Waals surface area contributed by atoms with E-state index in [9.17, 15) is 9.59 Å². The van der Waals surface area contributed by atoms with Crippen molar-refractivity contribution in [3.8, 4) is 22.8 Å². The lowest BCUT2D eigenvalue weighted by Gasteiger charge is -2.09. The van der Waals surface area contributed by atoms with Crippen LogP contribution >= 0.6 is 0 Å². The summed E-state index contributed by atoms with van der Waals surface area (Å²) >= 11 is 0. The summed E-state index contributed by atoms with van der Waals surface area (Å²) in [5.74, 6) is 0.414. The fraction of sp³-hybridized carbons (Fsp3) is 0.190. The maximum absolute atomic E-state index is 12.7. The molecule has 3 aromatic rings. The van der Waals surface area contributed by atoms with Crippen LogP contribution in [0, 0.1) is 0 Å². The van der Waals surface area contributed by atoms with Gasteiger partial charge in [-0.3, -0.25) is 9.48 Å². The largest absolute Gasteiger partial charge is 0.462 e. The zero-order chi connectivity index (χ0) is 20.4. The molecule has 0 bridgehead atoms. The number of anilines is 1. The average molecular weight is 393 g/mol. The van der Waals surface area contributed by atoms with Crippen LogP contribution in [0.1, 0.15) is 27.8 Å². The van der Waals surface area contributed by atoms with Crippen LogP contribution in [0.25, 0.3) is 11.3 Å². The third-order valence-electron chi connectivity index (χ3n) is 4.45. The summed E-state index contributed by atoms with van der Waals surface area (Å²) in [6.45, 7) is 2.17. The third kappa shape index (κ3) is 3.64. The van der Waals surface area contributed by atoms with Gasteiger partial charge in [-0.2, -0.15) is 5.10 Å². The topological polar surface area (TPSA) is 91.7 Å². The summed E-state index contributed by atoms with van der Waals surface area (Å²) in [5.41, 5.74) is 2.46. The number of fused-ring (bicyclic) bond motifs is 1. The number of carbonyl (C=O) groups excluding carboxylic acids is 2. The molecular weight excluding hydrogens is 374 g/mol. The molecule has 1 amide bonds. The van der Waals surface area contributed by atoms with Crippen LogP contribution in [0.4, 0.5) is 5.69 Å². The van der Waals surface area contributed by atoms with E-state index in [0.29, 0.717) is 17.2 Å². The molecule has 0 unspecified atom stereocenters. The second kappa shape index (κ2) is 7.67. The number of carbonyl (C=O) groups is 2. The van der Waals surface area contributed by atoms with Gasteiger partial charge in [-0.25, -0.2) is 4.79 Å². The van der Waals surface area contributed by atoms with E-state index in [0.717, 1.165) is 11.3 Å². The van der Waals surface area contributed by atoms with Crippen molar-refractivity contribution < 1.29 is 23.8 Å². The molecule has 8 heteroatoms. The predicted octanol–water partition coefficient (Wildman–Crippen LogP) is 3.24. The predicted molar refractivity (Wildman–Crippen MR) is 105 cm³/mol. The smallest absolute Gasteiger partial charge is 0.340 e. The van der Waals surface area contributed by atoms with Crippen molar-refractivity contribution in [2.24, 2.45) is 7.05 Å². The summed E-state index contributed by atoms with van der Waals surface area (Å²) in [6, 6.07) is 13.9. The highest BCUT2D eigenvalue weighted by Crippen LogP contribution is 2.36. The molecule has 2 aromatic carbocycles. The molecule has 1 N–H and O–H groups in total. The number of hydrogen-bond acceptors (Lipinski definition) is 6. The van der Waals surface area contributed by atoms with Crippen molar-refractivity contribution in [3.05, 3.63) is 59.8 Å². The zero-order valence-corrected chi connectivity index (χ0v) is 16.0. The SMILES string of the molecule is CCOC(=O)c1ccccc1NC(=O)c1cc(-c2ccc3c(c2)OCO3)n(C)n1. The minimum absolute atomic E-state index is 0.192. The normalized spacial score (nSPS) is 11.9. The number of nitrogens with zero attached hydrogens (tertiary/aromatic N) is 2. The Morgan fingerprint density at radius 3 is 2.76 bits per heavy atom. The zero-order valence-electron chi connectivity index (χ0n) is 16.0. The minimum Gasteiger partial charge on any atom is -0.462 e. The Morgan fingerprint density at radius 2 is 1.93 bits per heavy atom. The number of hydrogen-bond donors (Lipinski definition) is 1. The van der Waals surface area contributed by atoms with Crippen LogP contribution in [-0.2, 0) is 11.8 Å². The first-order valence-electron chi connectivity index (χ1n) is 9.08. The van der Waals surface area contributed by atoms with E-state index in [4.69, 9.17) is 14.2 Å². The Labute approximate surface area is 167 Å². The first-order chi connectivity index (χ1) is 14.1. The van der Waals surface area contributed by atoms with Crippen LogP contribution < -0.4 is 14.8 Å². The third-order valence-corrected chi connectivity index (χ3v) is 4.45. The number of rotatable bonds is 5. The van der Waals surface area contributed by atoms with Gasteiger partial charge in [0.05, 0.1) is 23.6 Å². The van der Waals surface area contributed by atoms with Gasteiger partial charge >= 0.3 is 5.97 Å². The Morgan fingerprint density at radius 1 is 1.14 bits per heavy atom.